The number of hydrogen-bond donors (Lipinski definition) is 1. The number of halogens is 4. The number of nitrogens with two attached hydrogens (primary N) is 1. The van der Waals surface area contributed by atoms with Crippen LogP contribution in [0.15, 0.2) is 42.5 Å². The maximum absolute atomic E-state index is 12.6. The van der Waals surface area contributed by atoms with Crippen molar-refractivity contribution in [1.29, 1.82) is 0 Å². The van der Waals surface area contributed by atoms with Crippen molar-refractivity contribution in [2.24, 2.45) is 5.73 Å². The third-order valence-electron chi connectivity index (χ3n) is 2.75. The monoisotopic (exact) mass is 299 g/mol. The van der Waals surface area contributed by atoms with E-state index in [4.69, 9.17) is 17.3 Å². The van der Waals surface area contributed by atoms with E-state index in [1.807, 2.05) is 0 Å². The van der Waals surface area contributed by atoms with E-state index in [-0.39, 0.29) is 10.6 Å². The summed E-state index contributed by atoms with van der Waals surface area (Å²) in [4.78, 5) is 11.1. The molecule has 2 aromatic carbocycles. The van der Waals surface area contributed by atoms with Gasteiger partial charge in [-0.2, -0.15) is 13.2 Å². The Morgan fingerprint density at radius 3 is 2.25 bits per heavy atom. The molecule has 0 atom stereocenters. The molecule has 0 unspecified atom stereocenters. The van der Waals surface area contributed by atoms with Gasteiger partial charge in [0.2, 0.25) is 5.91 Å². The predicted molar refractivity (Wildman–Crippen MR) is 70.4 cm³/mol. The van der Waals surface area contributed by atoms with Gasteiger partial charge in [-0.1, -0.05) is 29.8 Å². The molecule has 2 nitrogen and oxygen atoms in total. The summed E-state index contributed by atoms with van der Waals surface area (Å²) < 4.78 is 37.8. The van der Waals surface area contributed by atoms with Gasteiger partial charge in [0.05, 0.1) is 10.6 Å². The summed E-state index contributed by atoms with van der Waals surface area (Å²) >= 11 is 5.65. The highest BCUT2D eigenvalue weighted by Crippen LogP contribution is 2.36. The largest absolute Gasteiger partial charge is 0.417 e. The van der Waals surface area contributed by atoms with Gasteiger partial charge in [0.1, 0.15) is 0 Å². The summed E-state index contributed by atoms with van der Waals surface area (Å²) in [7, 11) is 0. The number of carbonyl (C=O) groups excluding carboxylic acids is 1. The van der Waals surface area contributed by atoms with Crippen LogP contribution in [0.3, 0.4) is 0 Å². The SMILES string of the molecule is NC(=O)c1cccc(-c2ccc(C(F)(F)F)c(Cl)c2)c1. The number of amides is 1. The first-order chi connectivity index (χ1) is 9.29. The van der Waals surface area contributed by atoms with Crippen LogP contribution in [0.2, 0.25) is 5.02 Å². The summed E-state index contributed by atoms with van der Waals surface area (Å²) in [5.41, 5.74) is 5.58. The maximum Gasteiger partial charge on any atom is 0.417 e. The molecule has 0 spiro atoms. The molecule has 0 aliphatic rings. The van der Waals surface area contributed by atoms with Crippen molar-refractivity contribution in [2.75, 3.05) is 0 Å². The number of primary amides is 1. The normalized spacial score (nSPS) is 11.4. The number of hydrogen-bond acceptors (Lipinski definition) is 1. The Bertz CT molecular complexity index is 668. The third-order valence-corrected chi connectivity index (χ3v) is 3.07. The summed E-state index contributed by atoms with van der Waals surface area (Å²) in [5, 5.41) is -0.389. The fourth-order valence-corrected chi connectivity index (χ4v) is 2.06. The predicted octanol–water partition coefficient (Wildman–Crippen LogP) is 4.12. The van der Waals surface area contributed by atoms with E-state index in [0.717, 1.165) is 6.07 Å². The van der Waals surface area contributed by atoms with Gasteiger partial charge in [-0.15, -0.1) is 0 Å². The molecule has 104 valence electrons. The number of rotatable bonds is 2. The minimum atomic E-state index is -4.50. The smallest absolute Gasteiger partial charge is 0.366 e. The van der Waals surface area contributed by atoms with Crippen LogP contribution in [-0.2, 0) is 6.18 Å². The molecular formula is C14H9ClF3NO. The minimum absolute atomic E-state index is 0.276. The summed E-state index contributed by atoms with van der Waals surface area (Å²) in [6.45, 7) is 0. The lowest BCUT2D eigenvalue weighted by Gasteiger charge is -2.10. The van der Waals surface area contributed by atoms with Crippen molar-refractivity contribution < 1.29 is 18.0 Å². The van der Waals surface area contributed by atoms with Gasteiger partial charge in [-0.25, -0.2) is 0 Å². The lowest BCUT2D eigenvalue weighted by atomic mass is 10.0. The molecule has 0 radical (unpaired) electrons. The van der Waals surface area contributed by atoms with Gasteiger partial charge in [-0.3, -0.25) is 4.79 Å². The first-order valence-corrected chi connectivity index (χ1v) is 5.94. The van der Waals surface area contributed by atoms with Gasteiger partial charge in [0.15, 0.2) is 0 Å². The summed E-state index contributed by atoms with van der Waals surface area (Å²) in [6, 6.07) is 9.71. The van der Waals surface area contributed by atoms with Crippen LogP contribution in [-0.4, -0.2) is 5.91 Å². The van der Waals surface area contributed by atoms with Crippen molar-refractivity contribution in [3.05, 3.63) is 58.6 Å². The molecule has 0 heterocycles. The summed E-state index contributed by atoms with van der Waals surface area (Å²) in [6.07, 6.45) is -4.50. The van der Waals surface area contributed by atoms with Gasteiger partial charge < -0.3 is 5.73 Å². The van der Waals surface area contributed by atoms with E-state index < -0.39 is 17.6 Å². The molecule has 0 bridgehead atoms. The molecule has 2 rings (SSSR count). The van der Waals surface area contributed by atoms with Crippen LogP contribution in [0.1, 0.15) is 15.9 Å². The Morgan fingerprint density at radius 1 is 1.05 bits per heavy atom. The van der Waals surface area contributed by atoms with E-state index >= 15 is 0 Å². The zero-order valence-electron chi connectivity index (χ0n) is 10.0. The number of alkyl halides is 3. The highest BCUT2D eigenvalue weighted by Gasteiger charge is 2.33. The second kappa shape index (κ2) is 5.17. The van der Waals surface area contributed by atoms with Crippen molar-refractivity contribution >= 4 is 17.5 Å². The van der Waals surface area contributed by atoms with Gasteiger partial charge in [-0.05, 0) is 35.4 Å². The minimum Gasteiger partial charge on any atom is -0.366 e. The molecule has 0 aromatic heterocycles. The van der Waals surface area contributed by atoms with Crippen LogP contribution in [0.5, 0.6) is 0 Å². The fourth-order valence-electron chi connectivity index (χ4n) is 1.78. The Balaban J connectivity index is 2.47. The van der Waals surface area contributed by atoms with E-state index in [9.17, 15) is 18.0 Å². The van der Waals surface area contributed by atoms with E-state index in [0.29, 0.717) is 11.1 Å². The fraction of sp³-hybridized carbons (Fsp3) is 0.0714. The molecule has 0 aliphatic heterocycles. The highest BCUT2D eigenvalue weighted by molar-refractivity contribution is 6.31. The van der Waals surface area contributed by atoms with E-state index in [1.165, 1.54) is 24.3 Å². The molecule has 2 N–H and O–H groups in total. The second-order valence-electron chi connectivity index (χ2n) is 4.14. The Kier molecular flexibility index (Phi) is 3.72. The third kappa shape index (κ3) is 2.93. The number of benzene rings is 2. The molecule has 0 saturated carbocycles. The van der Waals surface area contributed by atoms with Crippen LogP contribution >= 0.6 is 11.6 Å². The molecule has 0 aliphatic carbocycles. The molecule has 2 aromatic rings. The summed E-state index contributed by atoms with van der Waals surface area (Å²) in [5.74, 6) is -0.607. The molecule has 0 saturated heterocycles. The van der Waals surface area contributed by atoms with Crippen molar-refractivity contribution in [2.45, 2.75) is 6.18 Å². The van der Waals surface area contributed by atoms with Gasteiger partial charge in [0, 0.05) is 5.56 Å². The Labute approximate surface area is 118 Å². The van der Waals surface area contributed by atoms with Crippen molar-refractivity contribution in [1.82, 2.24) is 0 Å². The van der Waals surface area contributed by atoms with Crippen molar-refractivity contribution in [3.8, 4) is 11.1 Å². The zero-order valence-corrected chi connectivity index (χ0v) is 10.8. The first kappa shape index (κ1) is 14.4. The van der Waals surface area contributed by atoms with Crippen LogP contribution in [0.4, 0.5) is 13.2 Å². The van der Waals surface area contributed by atoms with Crippen molar-refractivity contribution in [3.63, 3.8) is 0 Å². The topological polar surface area (TPSA) is 43.1 Å². The molecular weight excluding hydrogens is 291 g/mol. The molecule has 6 heteroatoms. The zero-order chi connectivity index (χ0) is 14.9. The second-order valence-corrected chi connectivity index (χ2v) is 4.54. The Morgan fingerprint density at radius 2 is 1.70 bits per heavy atom. The molecule has 1 amide bonds. The van der Waals surface area contributed by atoms with E-state index in [1.54, 1.807) is 12.1 Å². The maximum atomic E-state index is 12.6. The quantitative estimate of drug-likeness (QED) is 0.890. The van der Waals surface area contributed by atoms with Gasteiger partial charge in [0.25, 0.3) is 0 Å². The first-order valence-electron chi connectivity index (χ1n) is 5.56. The standard InChI is InChI=1S/C14H9ClF3NO/c15-12-7-9(4-5-11(12)14(16,17)18)8-2-1-3-10(6-8)13(19)20/h1-7H,(H2,19,20). The van der Waals surface area contributed by atoms with Crippen LogP contribution in [0, 0.1) is 0 Å². The number of carbonyl (C=O) groups is 1. The average Bonchev–Trinajstić information content (AvgIpc) is 2.37. The van der Waals surface area contributed by atoms with Crippen LogP contribution in [0.25, 0.3) is 11.1 Å². The molecule has 0 fully saturated rings. The highest BCUT2D eigenvalue weighted by atomic mass is 35.5. The lowest BCUT2D eigenvalue weighted by Crippen LogP contribution is -2.10. The lowest BCUT2D eigenvalue weighted by molar-refractivity contribution is -0.137. The Hall–Kier alpha value is -2.01. The van der Waals surface area contributed by atoms with Gasteiger partial charge >= 0.3 is 6.18 Å². The van der Waals surface area contributed by atoms with E-state index in [2.05, 4.69) is 0 Å². The molecule has 20 heavy (non-hydrogen) atoms. The average molecular weight is 300 g/mol. The van der Waals surface area contributed by atoms with Crippen LogP contribution < -0.4 is 5.73 Å².